The van der Waals surface area contributed by atoms with Crippen molar-refractivity contribution in [2.24, 2.45) is 9.98 Å². The molecule has 0 atom stereocenters. The molecule has 0 spiro atoms. The van der Waals surface area contributed by atoms with Gasteiger partial charge < -0.3 is 30.2 Å². The molecule has 0 unspecified atom stereocenters. The average molecular weight is 663 g/mol. The van der Waals surface area contributed by atoms with Crippen LogP contribution in [0.2, 0.25) is 0 Å². The zero-order valence-electron chi connectivity index (χ0n) is 27.4. The Hall–Kier alpha value is -5.64. The first-order valence-corrected chi connectivity index (χ1v) is 16.6. The Balaban J connectivity index is 0.000000191. The molecule has 4 aromatic carbocycles. The van der Waals surface area contributed by atoms with Gasteiger partial charge in [0, 0.05) is 39.0 Å². The monoisotopic (exact) mass is 662 g/mol. The van der Waals surface area contributed by atoms with Crippen LogP contribution in [-0.4, -0.2) is 92.7 Å². The van der Waals surface area contributed by atoms with E-state index in [0.717, 1.165) is 61.8 Å². The number of phenols is 4. The van der Waals surface area contributed by atoms with Crippen LogP contribution in [0.25, 0.3) is 0 Å². The van der Waals surface area contributed by atoms with Gasteiger partial charge in [-0.3, -0.25) is 19.6 Å². The maximum absolute atomic E-state index is 12.2. The average Bonchev–Trinajstić information content (AvgIpc) is 3.77. The first kappa shape index (κ1) is 34.7. The van der Waals surface area contributed by atoms with Crippen LogP contribution in [-0.2, 0) is 0 Å². The van der Waals surface area contributed by atoms with Crippen LogP contribution in [0.4, 0.5) is 0 Å². The lowest BCUT2D eigenvalue weighted by atomic mass is 10.0. The number of ketones is 2. The van der Waals surface area contributed by atoms with E-state index in [2.05, 4.69) is 19.8 Å². The van der Waals surface area contributed by atoms with Gasteiger partial charge in [-0.15, -0.1) is 0 Å². The van der Waals surface area contributed by atoms with Crippen molar-refractivity contribution in [2.75, 3.05) is 39.3 Å². The molecule has 10 heteroatoms. The molecule has 0 fully saturated rings. The van der Waals surface area contributed by atoms with E-state index in [1.165, 1.54) is 12.1 Å². The van der Waals surface area contributed by atoms with E-state index in [4.69, 9.17) is 0 Å². The van der Waals surface area contributed by atoms with Gasteiger partial charge in [0.1, 0.15) is 34.7 Å². The van der Waals surface area contributed by atoms with Gasteiger partial charge in [0.05, 0.1) is 35.3 Å². The van der Waals surface area contributed by atoms with E-state index < -0.39 is 0 Å². The summed E-state index contributed by atoms with van der Waals surface area (Å²) in [5.74, 6) is 2.04. The van der Waals surface area contributed by atoms with Gasteiger partial charge in [0.15, 0.2) is 11.6 Å². The fourth-order valence-electron chi connectivity index (χ4n) is 5.94. The molecule has 4 N–H and O–H groups in total. The summed E-state index contributed by atoms with van der Waals surface area (Å²) in [5, 5.41) is 39.5. The van der Waals surface area contributed by atoms with Crippen molar-refractivity contribution >= 4 is 23.2 Å². The predicted octanol–water partition coefficient (Wildman–Crippen LogP) is 6.04. The van der Waals surface area contributed by atoms with Crippen molar-refractivity contribution in [3.8, 4) is 23.0 Å². The van der Waals surface area contributed by atoms with Crippen molar-refractivity contribution < 1.29 is 30.0 Å². The van der Waals surface area contributed by atoms with Gasteiger partial charge in [0.2, 0.25) is 0 Å². The van der Waals surface area contributed by atoms with Crippen molar-refractivity contribution in [3.05, 3.63) is 119 Å². The summed E-state index contributed by atoms with van der Waals surface area (Å²) in [4.78, 5) is 37.6. The highest BCUT2D eigenvalue weighted by Crippen LogP contribution is 2.24. The summed E-state index contributed by atoms with van der Waals surface area (Å²) in [6, 6.07) is 27.6. The third-order valence-electron chi connectivity index (χ3n) is 8.47. The van der Waals surface area contributed by atoms with E-state index in [0.29, 0.717) is 43.5 Å². The van der Waals surface area contributed by atoms with Crippen LogP contribution < -0.4 is 0 Å². The Kier molecular flexibility index (Phi) is 12.0. The number of phenolic OH excluding ortho intramolecular Hbond substituents is 4. The number of amidine groups is 2. The number of aromatic hydroxyl groups is 4. The Morgan fingerprint density at radius 1 is 0.510 bits per heavy atom. The van der Waals surface area contributed by atoms with E-state index in [1.54, 1.807) is 60.7 Å². The second kappa shape index (κ2) is 17.0. The molecule has 2 aliphatic rings. The van der Waals surface area contributed by atoms with Gasteiger partial charge in [-0.2, -0.15) is 0 Å². The molecule has 254 valence electrons. The molecule has 10 nitrogen and oxygen atoms in total. The van der Waals surface area contributed by atoms with Crippen molar-refractivity contribution in [2.45, 2.75) is 32.1 Å². The molecule has 49 heavy (non-hydrogen) atoms. The van der Waals surface area contributed by atoms with E-state index in [9.17, 15) is 30.0 Å². The standard InChI is InChI=1S/C20H22N2O3.C19H20N2O3/c23-17-9-3-1-7-15(17)18(24)11-5-6-13-22-14-12-21-20(22)16-8-2-4-10-19(16)25;22-16-8-3-1-6-14(16)17(23)10-5-12-21-13-11-20-19(21)15-7-2-4-9-18(15)24/h1-4,7-10,23,25H,5-6,11-14H2;1-4,6-9,22,24H,5,10-13H2. The summed E-state index contributed by atoms with van der Waals surface area (Å²) >= 11 is 0. The molecule has 0 bridgehead atoms. The lowest BCUT2D eigenvalue weighted by Gasteiger charge is -2.20. The van der Waals surface area contributed by atoms with Crippen LogP contribution in [0.5, 0.6) is 23.0 Å². The van der Waals surface area contributed by atoms with Gasteiger partial charge in [-0.1, -0.05) is 48.5 Å². The maximum atomic E-state index is 12.2. The second-order valence-electron chi connectivity index (χ2n) is 11.9. The molecular weight excluding hydrogens is 620 g/mol. The van der Waals surface area contributed by atoms with Gasteiger partial charge >= 0.3 is 0 Å². The van der Waals surface area contributed by atoms with Crippen LogP contribution in [0.3, 0.4) is 0 Å². The fraction of sp³-hybridized carbons (Fsp3) is 0.282. The minimum Gasteiger partial charge on any atom is -0.507 e. The normalized spacial score (nSPS) is 13.8. The third-order valence-corrected chi connectivity index (χ3v) is 8.47. The smallest absolute Gasteiger partial charge is 0.166 e. The number of nitrogens with zero attached hydrogens (tertiary/aromatic N) is 4. The number of unbranched alkanes of at least 4 members (excludes halogenated alkanes) is 1. The van der Waals surface area contributed by atoms with Gasteiger partial charge in [-0.05, 0) is 67.8 Å². The largest absolute Gasteiger partial charge is 0.507 e. The maximum Gasteiger partial charge on any atom is 0.166 e. The Morgan fingerprint density at radius 3 is 1.35 bits per heavy atom. The first-order chi connectivity index (χ1) is 23.8. The minimum absolute atomic E-state index is 0.0279. The second-order valence-corrected chi connectivity index (χ2v) is 11.9. The highest BCUT2D eigenvalue weighted by molar-refractivity contribution is 6.03. The Morgan fingerprint density at radius 2 is 0.898 bits per heavy atom. The summed E-state index contributed by atoms with van der Waals surface area (Å²) in [7, 11) is 0. The zero-order valence-corrected chi connectivity index (χ0v) is 27.4. The Labute approximate surface area is 286 Å². The molecular formula is C39H42N4O6. The zero-order chi connectivity index (χ0) is 34.6. The lowest BCUT2D eigenvalue weighted by Crippen LogP contribution is -2.29. The summed E-state index contributed by atoms with van der Waals surface area (Å²) in [6.45, 7) is 4.51. The van der Waals surface area contributed by atoms with Crippen LogP contribution in [0, 0.1) is 0 Å². The molecule has 4 aromatic rings. The molecule has 2 aliphatic heterocycles. The highest BCUT2D eigenvalue weighted by Gasteiger charge is 2.22. The number of hydrogen-bond donors (Lipinski definition) is 4. The summed E-state index contributed by atoms with van der Waals surface area (Å²) < 4.78 is 0. The van der Waals surface area contributed by atoms with Gasteiger partial charge in [0.25, 0.3) is 0 Å². The third kappa shape index (κ3) is 9.04. The molecule has 0 radical (unpaired) electrons. The SMILES string of the molecule is O=C(CCCCN1CCN=C1c1ccccc1O)c1ccccc1O.O=C(CCCN1CCN=C1c1ccccc1O)c1ccccc1O. The van der Waals surface area contributed by atoms with Crippen molar-refractivity contribution in [1.29, 1.82) is 0 Å². The Bertz CT molecular complexity index is 1820. The minimum atomic E-state index is -0.0617. The van der Waals surface area contributed by atoms with Crippen LogP contribution >= 0.6 is 0 Å². The number of hydrogen-bond acceptors (Lipinski definition) is 10. The van der Waals surface area contributed by atoms with Crippen LogP contribution in [0.15, 0.2) is 107 Å². The molecule has 0 saturated carbocycles. The number of rotatable bonds is 13. The molecule has 0 saturated heterocycles. The topological polar surface area (TPSA) is 146 Å². The van der Waals surface area contributed by atoms with Crippen LogP contribution in [0.1, 0.15) is 63.9 Å². The fourth-order valence-corrected chi connectivity index (χ4v) is 5.94. The number of benzene rings is 4. The number of para-hydroxylation sites is 4. The summed E-state index contributed by atoms with van der Waals surface area (Å²) in [5.41, 5.74) is 2.24. The van der Waals surface area contributed by atoms with Gasteiger partial charge in [-0.25, -0.2) is 0 Å². The number of Topliss-reactive ketones (excluding diaryl/α,β-unsaturated/α-hetero) is 2. The summed E-state index contributed by atoms with van der Waals surface area (Å²) in [6.07, 6.45) is 3.04. The van der Waals surface area contributed by atoms with Crippen molar-refractivity contribution in [3.63, 3.8) is 0 Å². The molecule has 0 aliphatic carbocycles. The molecule has 2 heterocycles. The van der Waals surface area contributed by atoms with E-state index in [-0.39, 0.29) is 34.6 Å². The quantitative estimate of drug-likeness (QED) is 0.100. The van der Waals surface area contributed by atoms with E-state index >= 15 is 0 Å². The predicted molar refractivity (Wildman–Crippen MR) is 190 cm³/mol. The highest BCUT2D eigenvalue weighted by atomic mass is 16.3. The molecule has 0 aromatic heterocycles. The van der Waals surface area contributed by atoms with E-state index in [1.807, 2.05) is 24.3 Å². The number of carbonyl (C=O) groups excluding carboxylic acids is 2. The lowest BCUT2D eigenvalue weighted by molar-refractivity contribution is 0.0967. The molecule has 6 rings (SSSR count). The molecule has 0 amide bonds. The number of carbonyl (C=O) groups is 2. The number of aliphatic imine (C=N–C) groups is 2. The van der Waals surface area contributed by atoms with Crippen molar-refractivity contribution in [1.82, 2.24) is 9.80 Å². The first-order valence-electron chi connectivity index (χ1n) is 16.6.